The maximum atomic E-state index is 11.9. The summed E-state index contributed by atoms with van der Waals surface area (Å²) in [5, 5.41) is 26.4. The van der Waals surface area contributed by atoms with Crippen LogP contribution in [0.4, 0.5) is 5.00 Å². The number of nitrogens with zero attached hydrogens (tertiary/aromatic N) is 5. The van der Waals surface area contributed by atoms with E-state index >= 15 is 0 Å². The van der Waals surface area contributed by atoms with E-state index in [0.717, 1.165) is 18.0 Å². The highest BCUT2D eigenvalue weighted by Crippen LogP contribution is 2.36. The number of rotatable bonds is 6. The van der Waals surface area contributed by atoms with Gasteiger partial charge < -0.3 is 5.32 Å². The minimum Gasteiger partial charge on any atom is -0.317 e. The van der Waals surface area contributed by atoms with Gasteiger partial charge >= 0.3 is 0 Å². The third-order valence-corrected chi connectivity index (χ3v) is 4.72. The number of thioether (sulfide) groups is 1. The molecule has 2 aromatic rings. The van der Waals surface area contributed by atoms with Crippen LogP contribution >= 0.6 is 23.1 Å². The van der Waals surface area contributed by atoms with Crippen LogP contribution in [0, 0.1) is 11.3 Å². The van der Waals surface area contributed by atoms with Crippen molar-refractivity contribution in [2.45, 2.75) is 30.5 Å². The minimum absolute atomic E-state index is 0.105. The van der Waals surface area contributed by atoms with Gasteiger partial charge in [0.2, 0.25) is 11.1 Å². The summed E-state index contributed by atoms with van der Waals surface area (Å²) >= 11 is 2.83. The van der Waals surface area contributed by atoms with E-state index in [0.29, 0.717) is 28.8 Å². The van der Waals surface area contributed by atoms with Crippen LogP contribution in [0.3, 0.4) is 0 Å². The Kier molecular flexibility index (Phi) is 4.17. The number of hydrogen-bond donors (Lipinski definition) is 1. The molecule has 0 bridgehead atoms. The molecule has 0 aromatic carbocycles. The Morgan fingerprint density at radius 2 is 2.48 bits per heavy atom. The lowest BCUT2D eigenvalue weighted by Gasteiger charge is -2.03. The molecule has 1 N–H and O–H groups in total. The summed E-state index contributed by atoms with van der Waals surface area (Å²) in [4.78, 5) is 11.9. The van der Waals surface area contributed by atoms with Crippen molar-refractivity contribution >= 4 is 34.0 Å². The van der Waals surface area contributed by atoms with Gasteiger partial charge in [-0.15, -0.1) is 16.4 Å². The Morgan fingerprint density at radius 3 is 3.24 bits per heavy atom. The van der Waals surface area contributed by atoms with Gasteiger partial charge in [-0.25, -0.2) is 4.68 Å². The predicted molar refractivity (Wildman–Crippen MR) is 79.1 cm³/mol. The van der Waals surface area contributed by atoms with Crippen LogP contribution in [-0.4, -0.2) is 31.9 Å². The topological polar surface area (TPSA) is 96.5 Å². The fraction of sp³-hybridized carbons (Fsp3) is 0.417. The molecular weight excluding hydrogens is 308 g/mol. The Hall–Kier alpha value is -1.92. The number of nitrogens with one attached hydrogen (secondary N) is 1. The van der Waals surface area contributed by atoms with E-state index in [-0.39, 0.29) is 5.91 Å². The highest BCUT2D eigenvalue weighted by atomic mass is 32.2. The molecule has 2 heterocycles. The molecule has 2 aromatic heterocycles. The van der Waals surface area contributed by atoms with E-state index < -0.39 is 0 Å². The third kappa shape index (κ3) is 3.40. The highest BCUT2D eigenvalue weighted by Gasteiger charge is 2.27. The average Bonchev–Trinajstić information content (AvgIpc) is 3.05. The van der Waals surface area contributed by atoms with E-state index in [9.17, 15) is 4.79 Å². The summed E-state index contributed by atoms with van der Waals surface area (Å²) in [5.74, 6) is 0.499. The summed E-state index contributed by atoms with van der Waals surface area (Å²) in [6.45, 7) is 0. The lowest BCUT2D eigenvalue weighted by Crippen LogP contribution is -2.12. The van der Waals surface area contributed by atoms with Crippen LogP contribution in [-0.2, 0) is 4.79 Å². The number of aromatic nitrogens is 4. The number of amides is 1. The molecule has 1 amide bonds. The Morgan fingerprint density at radius 1 is 1.62 bits per heavy atom. The van der Waals surface area contributed by atoms with Crippen LogP contribution in [0.15, 0.2) is 16.6 Å². The molecule has 7 nitrogen and oxygen atoms in total. The summed E-state index contributed by atoms with van der Waals surface area (Å²) in [5.41, 5.74) is 0.499. The molecule has 1 aliphatic carbocycles. The molecule has 0 spiro atoms. The summed E-state index contributed by atoms with van der Waals surface area (Å²) < 4.78 is 1.83. The van der Waals surface area contributed by atoms with Gasteiger partial charge in [0, 0.05) is 12.2 Å². The summed E-state index contributed by atoms with van der Waals surface area (Å²) in [6.07, 6.45) is 2.59. The molecule has 0 saturated heterocycles. The first-order chi connectivity index (χ1) is 10.3. The predicted octanol–water partition coefficient (Wildman–Crippen LogP) is 2.06. The number of tetrazole rings is 1. The molecule has 21 heavy (non-hydrogen) atoms. The van der Waals surface area contributed by atoms with Crippen molar-refractivity contribution in [2.75, 3.05) is 11.1 Å². The second kappa shape index (κ2) is 6.24. The first kappa shape index (κ1) is 14.0. The molecule has 0 aliphatic heterocycles. The van der Waals surface area contributed by atoms with E-state index in [1.807, 2.05) is 10.8 Å². The molecule has 9 heteroatoms. The van der Waals surface area contributed by atoms with Crippen molar-refractivity contribution < 1.29 is 4.79 Å². The highest BCUT2D eigenvalue weighted by molar-refractivity contribution is 7.99. The largest absolute Gasteiger partial charge is 0.317 e. The smallest absolute Gasteiger partial charge is 0.225 e. The van der Waals surface area contributed by atoms with Crippen molar-refractivity contribution in [3.63, 3.8) is 0 Å². The molecule has 1 saturated carbocycles. The Labute approximate surface area is 129 Å². The van der Waals surface area contributed by atoms with Gasteiger partial charge in [-0.05, 0) is 34.7 Å². The number of carbonyl (C=O) groups is 1. The van der Waals surface area contributed by atoms with E-state index in [1.165, 1.54) is 23.1 Å². The molecule has 108 valence electrons. The van der Waals surface area contributed by atoms with Gasteiger partial charge in [-0.2, -0.15) is 5.26 Å². The van der Waals surface area contributed by atoms with Gasteiger partial charge in [0.25, 0.3) is 0 Å². The van der Waals surface area contributed by atoms with E-state index in [4.69, 9.17) is 5.26 Å². The molecular formula is C12H12N6OS2. The molecule has 0 unspecified atom stereocenters. The minimum atomic E-state index is -0.105. The zero-order valence-electron chi connectivity index (χ0n) is 11.0. The van der Waals surface area contributed by atoms with Crippen LogP contribution in [0.1, 0.15) is 30.9 Å². The summed E-state index contributed by atoms with van der Waals surface area (Å²) in [6, 6.07) is 4.17. The number of anilines is 1. The summed E-state index contributed by atoms with van der Waals surface area (Å²) in [7, 11) is 0. The third-order valence-electron chi connectivity index (χ3n) is 2.95. The standard InChI is InChI=1S/C12H12N6OS2/c13-7-8-3-5-20-11(8)14-10(19)4-6-21-12-15-16-17-18(12)9-1-2-9/h3,5,9H,1-2,4,6H2,(H,14,19). The van der Waals surface area contributed by atoms with E-state index in [1.54, 1.807) is 11.4 Å². The lowest BCUT2D eigenvalue weighted by atomic mass is 10.3. The Bertz CT molecular complexity index is 684. The molecule has 1 aliphatic rings. The van der Waals surface area contributed by atoms with Crippen molar-refractivity contribution in [3.05, 3.63) is 17.0 Å². The fourth-order valence-corrected chi connectivity index (χ4v) is 3.38. The molecule has 0 atom stereocenters. The van der Waals surface area contributed by atoms with E-state index in [2.05, 4.69) is 20.8 Å². The van der Waals surface area contributed by atoms with Crippen LogP contribution in [0.2, 0.25) is 0 Å². The van der Waals surface area contributed by atoms with Gasteiger partial charge in [0.15, 0.2) is 0 Å². The van der Waals surface area contributed by atoms with Gasteiger partial charge in [0.05, 0.1) is 11.6 Å². The van der Waals surface area contributed by atoms with Crippen molar-refractivity contribution in [1.82, 2.24) is 20.2 Å². The number of hydrogen-bond acceptors (Lipinski definition) is 7. The lowest BCUT2D eigenvalue weighted by molar-refractivity contribution is -0.115. The number of carbonyl (C=O) groups excluding carboxylic acids is 1. The van der Waals surface area contributed by atoms with Crippen LogP contribution in [0.5, 0.6) is 0 Å². The van der Waals surface area contributed by atoms with Crippen molar-refractivity contribution in [3.8, 4) is 6.07 Å². The fourth-order valence-electron chi connectivity index (χ4n) is 1.75. The van der Waals surface area contributed by atoms with Crippen LogP contribution in [0.25, 0.3) is 0 Å². The first-order valence-electron chi connectivity index (χ1n) is 6.46. The van der Waals surface area contributed by atoms with Crippen molar-refractivity contribution in [1.29, 1.82) is 5.26 Å². The van der Waals surface area contributed by atoms with Gasteiger partial charge in [-0.3, -0.25) is 4.79 Å². The second-order valence-electron chi connectivity index (χ2n) is 4.56. The number of nitriles is 1. The average molecular weight is 320 g/mol. The first-order valence-corrected chi connectivity index (χ1v) is 8.32. The maximum Gasteiger partial charge on any atom is 0.225 e. The maximum absolute atomic E-state index is 11.9. The zero-order chi connectivity index (χ0) is 14.7. The normalized spacial score (nSPS) is 13.9. The monoisotopic (exact) mass is 320 g/mol. The quantitative estimate of drug-likeness (QED) is 0.818. The van der Waals surface area contributed by atoms with Crippen LogP contribution < -0.4 is 5.32 Å². The molecule has 1 fully saturated rings. The SMILES string of the molecule is N#Cc1ccsc1NC(=O)CCSc1nnnn1C1CC1. The second-order valence-corrected chi connectivity index (χ2v) is 6.54. The van der Waals surface area contributed by atoms with Gasteiger partial charge in [0.1, 0.15) is 11.1 Å². The molecule has 0 radical (unpaired) electrons. The van der Waals surface area contributed by atoms with Crippen molar-refractivity contribution in [2.24, 2.45) is 0 Å². The van der Waals surface area contributed by atoms with Gasteiger partial charge in [-0.1, -0.05) is 11.8 Å². The zero-order valence-corrected chi connectivity index (χ0v) is 12.7. The Balaban J connectivity index is 1.48. The molecule has 3 rings (SSSR count). The number of thiophene rings is 1.